The molecule has 0 N–H and O–H groups in total. The molecule has 200 valence electrons. The van der Waals surface area contributed by atoms with Crippen LogP contribution in [-0.2, 0) is 14.3 Å². The van der Waals surface area contributed by atoms with Crippen LogP contribution in [0.25, 0.3) is 20.8 Å². The number of rotatable bonds is 6. The number of benzene rings is 1. The molecule has 3 aromatic rings. The van der Waals surface area contributed by atoms with Gasteiger partial charge in [-0.25, -0.2) is 19.6 Å². The molecule has 0 bridgehead atoms. The molecule has 0 spiro atoms. The zero-order valence-electron chi connectivity index (χ0n) is 21.1. The van der Waals surface area contributed by atoms with Gasteiger partial charge in [0, 0.05) is 42.8 Å². The molecule has 1 aromatic carbocycles. The lowest BCUT2D eigenvalue weighted by Crippen LogP contribution is -2.55. The van der Waals surface area contributed by atoms with Crippen molar-refractivity contribution >= 4 is 50.1 Å². The second kappa shape index (κ2) is 10.4. The van der Waals surface area contributed by atoms with E-state index in [9.17, 15) is 18.4 Å². The lowest BCUT2D eigenvalue weighted by atomic mass is 10.2. The molecule has 37 heavy (non-hydrogen) atoms. The van der Waals surface area contributed by atoms with Gasteiger partial charge in [0.05, 0.1) is 16.8 Å². The highest BCUT2D eigenvalue weighted by molar-refractivity contribution is 7.22. The molecule has 0 aliphatic carbocycles. The molecule has 1 saturated heterocycles. The summed E-state index contributed by atoms with van der Waals surface area (Å²) in [6, 6.07) is 2.82. The first-order valence-electron chi connectivity index (χ1n) is 11.7. The molecule has 0 unspecified atom stereocenters. The summed E-state index contributed by atoms with van der Waals surface area (Å²) in [4.78, 5) is 37.1. The van der Waals surface area contributed by atoms with Gasteiger partial charge < -0.3 is 24.0 Å². The highest BCUT2D eigenvalue weighted by Gasteiger charge is 2.45. The number of piperazine rings is 1. The number of carbonyl (C=O) groups excluding carboxylic acids is 2. The maximum Gasteiger partial charge on any atom is 0.502 e. The van der Waals surface area contributed by atoms with E-state index in [4.69, 9.17) is 14.5 Å². The zero-order valence-corrected chi connectivity index (χ0v) is 22.8. The van der Waals surface area contributed by atoms with E-state index in [0.29, 0.717) is 45.6 Å². The Balaban J connectivity index is 1.65. The summed E-state index contributed by atoms with van der Waals surface area (Å²) in [6.45, 7) is 9.97. The molecule has 3 heterocycles. The van der Waals surface area contributed by atoms with E-state index in [1.54, 1.807) is 17.2 Å². The quantitative estimate of drug-likeness (QED) is 0.374. The minimum atomic E-state index is -4.16. The van der Waals surface area contributed by atoms with Crippen molar-refractivity contribution in [3.63, 3.8) is 0 Å². The van der Waals surface area contributed by atoms with Crippen molar-refractivity contribution in [1.82, 2.24) is 14.9 Å². The maximum atomic E-state index is 14.5. The van der Waals surface area contributed by atoms with E-state index in [2.05, 4.69) is 9.72 Å². The van der Waals surface area contributed by atoms with Gasteiger partial charge in [-0.2, -0.15) is 8.78 Å². The number of nitrogens with zero attached hydrogens (tertiary/aromatic N) is 4. The summed E-state index contributed by atoms with van der Waals surface area (Å²) in [5, 5.41) is 3.07. The number of hydrogen-bond acceptors (Lipinski definition) is 10. The predicted octanol–water partition coefficient (Wildman–Crippen LogP) is 5.40. The van der Waals surface area contributed by atoms with Gasteiger partial charge in [0.1, 0.15) is 16.4 Å². The fourth-order valence-electron chi connectivity index (χ4n) is 3.83. The molecule has 1 atom stereocenters. The van der Waals surface area contributed by atoms with Gasteiger partial charge in [0.15, 0.2) is 5.13 Å². The van der Waals surface area contributed by atoms with Crippen molar-refractivity contribution in [2.24, 2.45) is 0 Å². The van der Waals surface area contributed by atoms with E-state index in [1.165, 1.54) is 35.7 Å². The Morgan fingerprint density at radius 3 is 2.59 bits per heavy atom. The number of fused-ring (bicyclic) bond motifs is 1. The maximum absolute atomic E-state index is 14.5. The van der Waals surface area contributed by atoms with Crippen LogP contribution in [0.3, 0.4) is 0 Å². The minimum Gasteiger partial charge on any atom is -0.459 e. The van der Waals surface area contributed by atoms with Gasteiger partial charge in [-0.1, -0.05) is 11.3 Å². The molecule has 2 aromatic heterocycles. The number of alkyl halides is 2. The van der Waals surface area contributed by atoms with Crippen LogP contribution in [-0.4, -0.2) is 70.9 Å². The molecule has 4 rings (SSSR count). The average Bonchev–Trinajstić information content (AvgIpc) is 3.49. The molecule has 13 heteroatoms. The second-order valence-electron chi connectivity index (χ2n) is 9.43. The van der Waals surface area contributed by atoms with Gasteiger partial charge in [-0.3, -0.25) is 0 Å². The van der Waals surface area contributed by atoms with Crippen LogP contribution in [0.5, 0.6) is 5.75 Å². The van der Waals surface area contributed by atoms with Crippen molar-refractivity contribution in [3.05, 3.63) is 23.7 Å². The number of hydrogen-bond donors (Lipinski definition) is 0. The highest BCUT2D eigenvalue weighted by Crippen LogP contribution is 2.43. The number of aromatic nitrogens is 2. The Labute approximate surface area is 221 Å². The zero-order chi connectivity index (χ0) is 27.0. The van der Waals surface area contributed by atoms with Crippen molar-refractivity contribution in [1.29, 1.82) is 0 Å². The molecule has 0 radical (unpaired) electrons. The predicted molar refractivity (Wildman–Crippen MR) is 138 cm³/mol. The summed E-state index contributed by atoms with van der Waals surface area (Å²) < 4.78 is 44.1. The van der Waals surface area contributed by atoms with Crippen LogP contribution >= 0.6 is 22.7 Å². The topological polar surface area (TPSA) is 94.1 Å². The second-order valence-corrected chi connectivity index (χ2v) is 11.3. The third-order valence-corrected chi connectivity index (χ3v) is 7.37. The number of esters is 1. The molecular weight excluding hydrogens is 526 g/mol. The average molecular weight is 555 g/mol. The SMILES string of the molecule is CCOC(=O)C(F)(F)Oc1ccc(-c2nccs2)c2nc(N3CCN(C(=O)OC(C)(C)C)[C@@H](C)C3)sc12. The summed E-state index contributed by atoms with van der Waals surface area (Å²) in [6.07, 6.45) is -2.90. The monoisotopic (exact) mass is 554 g/mol. The van der Waals surface area contributed by atoms with E-state index in [0.717, 1.165) is 0 Å². The number of amides is 1. The molecule has 0 saturated carbocycles. The third kappa shape index (κ3) is 5.93. The van der Waals surface area contributed by atoms with Crippen molar-refractivity contribution < 1.29 is 32.6 Å². The minimum absolute atomic E-state index is 0.169. The Kier molecular flexibility index (Phi) is 7.56. The Hall–Kier alpha value is -3.06. The summed E-state index contributed by atoms with van der Waals surface area (Å²) in [7, 11) is 0. The van der Waals surface area contributed by atoms with Crippen molar-refractivity contribution in [2.45, 2.75) is 52.4 Å². The Morgan fingerprint density at radius 2 is 1.97 bits per heavy atom. The number of carbonyl (C=O) groups is 2. The summed E-state index contributed by atoms with van der Waals surface area (Å²) >= 11 is 2.57. The molecule has 1 aliphatic heterocycles. The van der Waals surface area contributed by atoms with Crippen LogP contribution in [0.15, 0.2) is 23.7 Å². The first kappa shape index (κ1) is 27.0. The lowest BCUT2D eigenvalue weighted by Gasteiger charge is -2.40. The van der Waals surface area contributed by atoms with Crippen LogP contribution in [0, 0.1) is 0 Å². The molecular formula is C24H28F2N4O5S2. The first-order valence-corrected chi connectivity index (χ1v) is 13.4. The first-order chi connectivity index (χ1) is 17.4. The number of thiazole rings is 2. The third-order valence-electron chi connectivity index (χ3n) is 5.44. The molecule has 1 amide bonds. The summed E-state index contributed by atoms with van der Waals surface area (Å²) in [5.41, 5.74) is 0.504. The standard InChI is InChI=1S/C24H28F2N4O5S2/c1-6-33-20(31)24(25,26)34-16-8-7-15(19-27-9-12-36-19)17-18(16)37-21(28-17)29-10-11-30(14(2)13-29)22(32)35-23(3,4)5/h7-9,12,14H,6,10-11,13H2,1-5H3/t14-/m0/s1. The van der Waals surface area contributed by atoms with Crippen molar-refractivity contribution in [3.8, 4) is 16.3 Å². The highest BCUT2D eigenvalue weighted by atomic mass is 32.1. The van der Waals surface area contributed by atoms with Gasteiger partial charge in [0.2, 0.25) is 0 Å². The fourth-order valence-corrected chi connectivity index (χ4v) is 5.58. The van der Waals surface area contributed by atoms with Crippen LogP contribution < -0.4 is 9.64 Å². The van der Waals surface area contributed by atoms with Crippen LogP contribution in [0.2, 0.25) is 0 Å². The van der Waals surface area contributed by atoms with E-state index in [1.807, 2.05) is 38.0 Å². The van der Waals surface area contributed by atoms with Gasteiger partial charge >= 0.3 is 18.2 Å². The lowest BCUT2D eigenvalue weighted by molar-refractivity contribution is -0.216. The number of ether oxygens (including phenoxy) is 3. The van der Waals surface area contributed by atoms with E-state index < -0.39 is 17.7 Å². The van der Waals surface area contributed by atoms with E-state index in [-0.39, 0.29) is 24.5 Å². The number of anilines is 1. The normalized spacial score (nSPS) is 16.7. The largest absolute Gasteiger partial charge is 0.502 e. The van der Waals surface area contributed by atoms with Crippen LogP contribution in [0.1, 0.15) is 34.6 Å². The molecule has 1 aliphatic rings. The molecule has 9 nitrogen and oxygen atoms in total. The molecule has 1 fully saturated rings. The van der Waals surface area contributed by atoms with Crippen molar-refractivity contribution in [2.75, 3.05) is 31.1 Å². The Morgan fingerprint density at radius 1 is 1.22 bits per heavy atom. The van der Waals surface area contributed by atoms with Crippen LogP contribution in [0.4, 0.5) is 18.7 Å². The van der Waals surface area contributed by atoms with Gasteiger partial charge in [-0.15, -0.1) is 11.3 Å². The fraction of sp³-hybridized carbons (Fsp3) is 0.500. The summed E-state index contributed by atoms with van der Waals surface area (Å²) in [5.74, 6) is -1.94. The number of halogens is 2. The van der Waals surface area contributed by atoms with Gasteiger partial charge in [-0.05, 0) is 46.8 Å². The van der Waals surface area contributed by atoms with E-state index >= 15 is 0 Å². The smallest absolute Gasteiger partial charge is 0.459 e. The Bertz CT molecular complexity index is 1280. The van der Waals surface area contributed by atoms with Gasteiger partial charge in [0.25, 0.3) is 0 Å².